The van der Waals surface area contributed by atoms with Crippen molar-refractivity contribution >= 4 is 23.4 Å². The molecule has 2 atom stereocenters. The molecule has 0 aliphatic carbocycles. The lowest BCUT2D eigenvalue weighted by Crippen LogP contribution is -2.48. The predicted octanol–water partition coefficient (Wildman–Crippen LogP) is 3.40. The molecule has 26 heavy (non-hydrogen) atoms. The first kappa shape index (κ1) is 22.1. The molecule has 146 valence electrons. The lowest BCUT2D eigenvalue weighted by molar-refractivity contribution is -0.120. The number of halogens is 1. The highest BCUT2D eigenvalue weighted by Crippen LogP contribution is 2.36. The molecular weight excluding hydrogens is 356 g/mol. The minimum Gasteiger partial charge on any atom is -0.493 e. The molecule has 1 aromatic rings. The zero-order valence-electron chi connectivity index (χ0n) is 16.1. The van der Waals surface area contributed by atoms with Crippen molar-refractivity contribution in [3.05, 3.63) is 22.7 Å². The Balaban J connectivity index is 3.01. The third kappa shape index (κ3) is 6.09. The minimum absolute atomic E-state index is 0.0764. The summed E-state index contributed by atoms with van der Waals surface area (Å²) in [5, 5.41) is 2.95. The maximum atomic E-state index is 12.5. The van der Waals surface area contributed by atoms with Crippen LogP contribution in [0.3, 0.4) is 0 Å². The molecule has 3 N–H and O–H groups in total. The quantitative estimate of drug-likeness (QED) is 0.646. The highest BCUT2D eigenvalue weighted by Gasteiger charge is 2.25. The summed E-state index contributed by atoms with van der Waals surface area (Å²) < 4.78 is 11.0. The Labute approximate surface area is 160 Å². The summed E-state index contributed by atoms with van der Waals surface area (Å²) >= 11 is 6.28. The van der Waals surface area contributed by atoms with Crippen molar-refractivity contribution < 1.29 is 19.1 Å². The van der Waals surface area contributed by atoms with Crippen molar-refractivity contribution in [2.45, 2.75) is 46.6 Å². The first-order chi connectivity index (χ1) is 12.2. The van der Waals surface area contributed by atoms with Gasteiger partial charge in [-0.3, -0.25) is 9.59 Å². The van der Waals surface area contributed by atoms with Crippen LogP contribution >= 0.6 is 11.6 Å². The fraction of sp³-hybridized carbons (Fsp3) is 0.579. The van der Waals surface area contributed by atoms with E-state index in [4.69, 9.17) is 26.8 Å². The summed E-state index contributed by atoms with van der Waals surface area (Å²) in [7, 11) is 1.48. The van der Waals surface area contributed by atoms with Crippen molar-refractivity contribution in [2.24, 2.45) is 17.6 Å². The van der Waals surface area contributed by atoms with E-state index in [0.717, 1.165) is 6.42 Å². The zero-order valence-corrected chi connectivity index (χ0v) is 16.9. The molecule has 2 amide bonds. The maximum absolute atomic E-state index is 12.5. The summed E-state index contributed by atoms with van der Waals surface area (Å²) in [4.78, 5) is 24.2. The first-order valence-electron chi connectivity index (χ1n) is 8.81. The molecule has 0 saturated carbocycles. The normalized spacial score (nSPS) is 13.2. The van der Waals surface area contributed by atoms with Gasteiger partial charge in [-0.15, -0.1) is 0 Å². The largest absolute Gasteiger partial charge is 0.493 e. The SMILES string of the molecule is CCC(C)C(NC(=O)c1cc(Cl)c(OCCC(C)C)c(OC)c1)C(N)=O. The van der Waals surface area contributed by atoms with Gasteiger partial charge >= 0.3 is 0 Å². The highest BCUT2D eigenvalue weighted by molar-refractivity contribution is 6.32. The third-order valence-electron chi connectivity index (χ3n) is 4.24. The number of methoxy groups -OCH3 is 1. The van der Waals surface area contributed by atoms with Crippen LogP contribution < -0.4 is 20.5 Å². The van der Waals surface area contributed by atoms with E-state index in [1.807, 2.05) is 13.8 Å². The van der Waals surface area contributed by atoms with Crippen molar-refractivity contribution in [1.82, 2.24) is 5.32 Å². The van der Waals surface area contributed by atoms with E-state index < -0.39 is 17.9 Å². The number of benzene rings is 1. The number of hydrogen-bond donors (Lipinski definition) is 2. The summed E-state index contributed by atoms with van der Waals surface area (Å²) in [6.45, 7) is 8.48. The molecule has 0 heterocycles. The topological polar surface area (TPSA) is 90.7 Å². The number of rotatable bonds is 10. The van der Waals surface area contributed by atoms with Gasteiger partial charge in [-0.05, 0) is 30.4 Å². The average molecular weight is 385 g/mol. The standard InChI is InChI=1S/C19H29ClN2O4/c1-6-12(4)16(18(21)23)22-19(24)13-9-14(20)17(15(10-13)25-5)26-8-7-11(2)3/h9-12,16H,6-8H2,1-5H3,(H2,21,23)(H,22,24). The lowest BCUT2D eigenvalue weighted by Gasteiger charge is -2.21. The molecule has 2 unspecified atom stereocenters. The Morgan fingerprint density at radius 1 is 1.27 bits per heavy atom. The Morgan fingerprint density at radius 3 is 2.42 bits per heavy atom. The van der Waals surface area contributed by atoms with Gasteiger partial charge in [-0.25, -0.2) is 0 Å². The Bertz CT molecular complexity index is 634. The van der Waals surface area contributed by atoms with Gasteiger partial charge in [-0.2, -0.15) is 0 Å². The number of amides is 2. The van der Waals surface area contributed by atoms with E-state index in [-0.39, 0.29) is 16.5 Å². The molecule has 0 aliphatic rings. The van der Waals surface area contributed by atoms with Crippen LogP contribution in [0.2, 0.25) is 5.02 Å². The van der Waals surface area contributed by atoms with Crippen LogP contribution in [0.25, 0.3) is 0 Å². The van der Waals surface area contributed by atoms with Crippen molar-refractivity contribution in [2.75, 3.05) is 13.7 Å². The molecule has 0 bridgehead atoms. The second-order valence-corrected chi connectivity index (χ2v) is 7.17. The number of nitrogens with two attached hydrogens (primary N) is 1. The van der Waals surface area contributed by atoms with Crippen LogP contribution in [0, 0.1) is 11.8 Å². The lowest BCUT2D eigenvalue weighted by atomic mass is 9.98. The van der Waals surface area contributed by atoms with Gasteiger partial charge in [0.2, 0.25) is 5.91 Å². The Hall–Kier alpha value is -1.95. The predicted molar refractivity (Wildman–Crippen MR) is 103 cm³/mol. The fourth-order valence-corrected chi connectivity index (χ4v) is 2.61. The zero-order chi connectivity index (χ0) is 19.9. The van der Waals surface area contributed by atoms with E-state index in [1.54, 1.807) is 6.07 Å². The van der Waals surface area contributed by atoms with Crippen molar-refractivity contribution in [3.8, 4) is 11.5 Å². The van der Waals surface area contributed by atoms with E-state index in [0.29, 0.717) is 30.4 Å². The molecule has 1 rings (SSSR count). The van der Waals surface area contributed by atoms with Gasteiger partial charge in [0.1, 0.15) is 6.04 Å². The molecule has 7 heteroatoms. The number of carbonyl (C=O) groups excluding carboxylic acids is 2. The Kier molecular flexibility index (Phi) is 8.72. The smallest absolute Gasteiger partial charge is 0.252 e. The van der Waals surface area contributed by atoms with Gasteiger partial charge in [0, 0.05) is 5.56 Å². The minimum atomic E-state index is -0.751. The number of hydrogen-bond acceptors (Lipinski definition) is 4. The van der Waals surface area contributed by atoms with Crippen molar-refractivity contribution in [1.29, 1.82) is 0 Å². The Morgan fingerprint density at radius 2 is 1.92 bits per heavy atom. The van der Waals surface area contributed by atoms with E-state index in [9.17, 15) is 9.59 Å². The average Bonchev–Trinajstić information content (AvgIpc) is 2.59. The van der Waals surface area contributed by atoms with Crippen LogP contribution in [0.4, 0.5) is 0 Å². The molecule has 0 saturated heterocycles. The van der Waals surface area contributed by atoms with Crippen LogP contribution in [0.5, 0.6) is 11.5 Å². The number of primary amides is 1. The van der Waals surface area contributed by atoms with Crippen LogP contribution in [-0.4, -0.2) is 31.6 Å². The van der Waals surface area contributed by atoms with Gasteiger partial charge in [0.25, 0.3) is 5.91 Å². The summed E-state index contributed by atoms with van der Waals surface area (Å²) in [5.41, 5.74) is 5.68. The molecule has 0 aliphatic heterocycles. The molecule has 0 spiro atoms. The van der Waals surface area contributed by atoms with Gasteiger partial charge in [0.05, 0.1) is 18.7 Å². The van der Waals surface area contributed by atoms with Gasteiger partial charge < -0.3 is 20.5 Å². The summed E-state index contributed by atoms with van der Waals surface area (Å²) in [6, 6.07) is 2.29. The van der Waals surface area contributed by atoms with Crippen LogP contribution in [0.15, 0.2) is 12.1 Å². The van der Waals surface area contributed by atoms with Gasteiger partial charge in [-0.1, -0.05) is 45.7 Å². The highest BCUT2D eigenvalue weighted by atomic mass is 35.5. The molecule has 6 nitrogen and oxygen atoms in total. The molecule has 1 aromatic carbocycles. The van der Waals surface area contributed by atoms with Crippen LogP contribution in [0.1, 0.15) is 50.9 Å². The monoisotopic (exact) mass is 384 g/mol. The number of nitrogens with one attached hydrogen (secondary N) is 1. The second-order valence-electron chi connectivity index (χ2n) is 6.76. The number of ether oxygens (including phenoxy) is 2. The van der Waals surface area contributed by atoms with E-state index in [2.05, 4.69) is 19.2 Å². The van der Waals surface area contributed by atoms with E-state index in [1.165, 1.54) is 13.2 Å². The third-order valence-corrected chi connectivity index (χ3v) is 4.52. The first-order valence-corrected chi connectivity index (χ1v) is 9.19. The maximum Gasteiger partial charge on any atom is 0.252 e. The molecule has 0 radical (unpaired) electrons. The van der Waals surface area contributed by atoms with Crippen molar-refractivity contribution in [3.63, 3.8) is 0 Å². The molecule has 0 fully saturated rings. The summed E-state index contributed by atoms with van der Waals surface area (Å²) in [5.74, 6) is 0.177. The van der Waals surface area contributed by atoms with Crippen LogP contribution in [-0.2, 0) is 4.79 Å². The van der Waals surface area contributed by atoms with Gasteiger partial charge in [0.15, 0.2) is 11.5 Å². The molecule has 0 aromatic heterocycles. The summed E-state index contributed by atoms with van der Waals surface area (Å²) in [6.07, 6.45) is 1.58. The second kappa shape index (κ2) is 10.3. The van der Waals surface area contributed by atoms with E-state index >= 15 is 0 Å². The fourth-order valence-electron chi connectivity index (χ4n) is 2.34. The number of carbonyl (C=O) groups is 2. The molecular formula is C19H29ClN2O4.